The van der Waals surface area contributed by atoms with Gasteiger partial charge in [0, 0.05) is 22.7 Å². The second-order valence-corrected chi connectivity index (χ2v) is 8.33. The van der Waals surface area contributed by atoms with Crippen LogP contribution in [0.25, 0.3) is 11.4 Å². The molecule has 0 bridgehead atoms. The maximum Gasteiger partial charge on any atom is 0.237 e. The van der Waals surface area contributed by atoms with Gasteiger partial charge in [-0.3, -0.25) is 4.79 Å². The molecule has 0 radical (unpaired) electrons. The number of halogens is 3. The Morgan fingerprint density at radius 1 is 1.07 bits per heavy atom. The molecule has 0 saturated carbocycles. The Kier molecular flexibility index (Phi) is 6.32. The minimum Gasteiger partial charge on any atom is -0.324 e. The quantitative estimate of drug-likeness (QED) is 0.526. The highest BCUT2D eigenvalue weighted by Gasteiger charge is 2.20. The summed E-state index contributed by atoms with van der Waals surface area (Å²) in [5.41, 5.74) is 1.37. The van der Waals surface area contributed by atoms with Crippen LogP contribution < -0.4 is 5.32 Å². The Morgan fingerprint density at radius 3 is 2.44 bits per heavy atom. The molecule has 1 unspecified atom stereocenters. The van der Waals surface area contributed by atoms with Gasteiger partial charge in [-0.25, -0.2) is 0 Å². The number of nitrogens with one attached hydrogen (secondary N) is 1. The summed E-state index contributed by atoms with van der Waals surface area (Å²) in [5, 5.41) is 13.0. The molecule has 1 atom stereocenters. The van der Waals surface area contributed by atoms with Crippen molar-refractivity contribution in [3.05, 3.63) is 57.5 Å². The third-order valence-electron chi connectivity index (χ3n) is 3.78. The van der Waals surface area contributed by atoms with Crippen molar-refractivity contribution in [2.75, 3.05) is 5.32 Å². The van der Waals surface area contributed by atoms with Gasteiger partial charge in [0.1, 0.15) is 0 Å². The average Bonchev–Trinajstić information content (AvgIpc) is 2.99. The van der Waals surface area contributed by atoms with E-state index >= 15 is 0 Å². The summed E-state index contributed by atoms with van der Waals surface area (Å²) in [6.45, 7) is 1.79. The van der Waals surface area contributed by atoms with E-state index < -0.39 is 5.25 Å². The van der Waals surface area contributed by atoms with Crippen LogP contribution in [0.3, 0.4) is 0 Å². The molecule has 3 aromatic rings. The van der Waals surface area contributed by atoms with Gasteiger partial charge in [0.2, 0.25) is 5.91 Å². The van der Waals surface area contributed by atoms with Gasteiger partial charge < -0.3 is 9.88 Å². The molecule has 0 aliphatic carbocycles. The monoisotopic (exact) mass is 440 g/mol. The molecule has 1 aromatic heterocycles. The first-order valence-electron chi connectivity index (χ1n) is 7.93. The zero-order valence-electron chi connectivity index (χ0n) is 14.4. The summed E-state index contributed by atoms with van der Waals surface area (Å²) < 4.78 is 1.84. The average molecular weight is 442 g/mol. The fourth-order valence-electron chi connectivity index (χ4n) is 2.31. The van der Waals surface area contributed by atoms with Crippen molar-refractivity contribution in [3.8, 4) is 11.4 Å². The van der Waals surface area contributed by atoms with E-state index in [9.17, 15) is 4.79 Å². The summed E-state index contributed by atoms with van der Waals surface area (Å²) in [6, 6.07) is 12.2. The maximum atomic E-state index is 12.5. The number of benzene rings is 2. The van der Waals surface area contributed by atoms with E-state index in [1.54, 1.807) is 37.3 Å². The zero-order valence-corrected chi connectivity index (χ0v) is 17.5. The molecule has 0 aliphatic rings. The number of hydrogen-bond acceptors (Lipinski definition) is 4. The van der Waals surface area contributed by atoms with Crippen LogP contribution in [0.4, 0.5) is 5.69 Å². The summed E-state index contributed by atoms with van der Waals surface area (Å²) >= 11 is 19.3. The summed E-state index contributed by atoms with van der Waals surface area (Å²) in [4.78, 5) is 12.5. The Morgan fingerprint density at radius 2 is 1.74 bits per heavy atom. The fourth-order valence-corrected chi connectivity index (χ4v) is 3.58. The number of carbonyl (C=O) groups excluding carboxylic acids is 1. The molecule has 0 spiro atoms. The zero-order chi connectivity index (χ0) is 19.6. The first-order chi connectivity index (χ1) is 12.8. The first kappa shape index (κ1) is 20.0. The van der Waals surface area contributed by atoms with Gasteiger partial charge in [-0.2, -0.15) is 0 Å². The number of aromatic nitrogens is 3. The number of hydrogen-bond donors (Lipinski definition) is 1. The van der Waals surface area contributed by atoms with Crippen LogP contribution in [0.1, 0.15) is 6.92 Å². The first-order valence-corrected chi connectivity index (χ1v) is 9.94. The van der Waals surface area contributed by atoms with Crippen LogP contribution in [0.2, 0.25) is 15.1 Å². The van der Waals surface area contributed by atoms with Crippen molar-refractivity contribution in [1.82, 2.24) is 14.8 Å². The Bertz CT molecular complexity index is 975. The molecule has 3 rings (SSSR count). The highest BCUT2D eigenvalue weighted by atomic mass is 35.5. The van der Waals surface area contributed by atoms with Gasteiger partial charge in [-0.1, -0.05) is 46.6 Å². The van der Waals surface area contributed by atoms with Crippen molar-refractivity contribution in [3.63, 3.8) is 0 Å². The topological polar surface area (TPSA) is 59.8 Å². The molecule has 140 valence electrons. The summed E-state index contributed by atoms with van der Waals surface area (Å²) in [6.07, 6.45) is 0. The lowest BCUT2D eigenvalue weighted by Gasteiger charge is -2.13. The minimum atomic E-state index is -0.416. The molecule has 0 saturated heterocycles. The maximum absolute atomic E-state index is 12.5. The Balaban J connectivity index is 1.72. The molecular weight excluding hydrogens is 427 g/mol. The number of amides is 1. The smallest absolute Gasteiger partial charge is 0.237 e. The molecule has 0 fully saturated rings. The molecule has 1 heterocycles. The third-order valence-corrected chi connectivity index (χ3v) is 5.73. The number of carbonyl (C=O) groups is 1. The standard InChI is InChI=1S/C18H15Cl3N4OS/c1-10(17(26)22-15-9-13(20)7-8-14(15)21)27-18-24-23-16(25(18)2)11-3-5-12(19)6-4-11/h3-10H,1-2H3,(H,22,26). The second kappa shape index (κ2) is 8.52. The Hall–Kier alpha value is -1.73. The molecular formula is C18H15Cl3N4OS. The van der Waals surface area contributed by atoms with Gasteiger partial charge in [-0.15, -0.1) is 10.2 Å². The Labute approximate surface area is 176 Å². The van der Waals surface area contributed by atoms with E-state index in [2.05, 4.69) is 15.5 Å². The van der Waals surface area contributed by atoms with E-state index in [0.29, 0.717) is 31.7 Å². The highest BCUT2D eigenvalue weighted by molar-refractivity contribution is 8.00. The van der Waals surface area contributed by atoms with Gasteiger partial charge >= 0.3 is 0 Å². The molecule has 0 aliphatic heterocycles. The van der Waals surface area contributed by atoms with Gasteiger partial charge in [-0.05, 0) is 49.4 Å². The number of rotatable bonds is 5. The lowest BCUT2D eigenvalue weighted by atomic mass is 10.2. The summed E-state index contributed by atoms with van der Waals surface area (Å²) in [7, 11) is 1.85. The highest BCUT2D eigenvalue weighted by Crippen LogP contribution is 2.29. The molecule has 27 heavy (non-hydrogen) atoms. The van der Waals surface area contributed by atoms with Crippen molar-refractivity contribution < 1.29 is 4.79 Å². The van der Waals surface area contributed by atoms with E-state index in [-0.39, 0.29) is 5.91 Å². The van der Waals surface area contributed by atoms with Crippen LogP contribution in [-0.4, -0.2) is 25.9 Å². The SMILES string of the molecule is CC(Sc1nnc(-c2ccc(Cl)cc2)n1C)C(=O)Nc1cc(Cl)ccc1Cl. The minimum absolute atomic E-state index is 0.208. The van der Waals surface area contributed by atoms with Crippen molar-refractivity contribution in [2.24, 2.45) is 7.05 Å². The predicted molar refractivity (Wildman–Crippen MR) is 112 cm³/mol. The van der Waals surface area contributed by atoms with Crippen LogP contribution in [0.15, 0.2) is 47.6 Å². The molecule has 5 nitrogen and oxygen atoms in total. The predicted octanol–water partition coefficient (Wildman–Crippen LogP) is 5.56. The molecule has 9 heteroatoms. The van der Waals surface area contributed by atoms with Gasteiger partial charge in [0.25, 0.3) is 0 Å². The lowest BCUT2D eigenvalue weighted by Crippen LogP contribution is -2.23. The number of thioether (sulfide) groups is 1. The second-order valence-electron chi connectivity index (χ2n) is 5.75. The van der Waals surface area contributed by atoms with Crippen LogP contribution in [-0.2, 0) is 11.8 Å². The van der Waals surface area contributed by atoms with E-state index in [1.165, 1.54) is 11.8 Å². The molecule has 1 amide bonds. The normalized spacial score (nSPS) is 12.0. The van der Waals surface area contributed by atoms with Crippen LogP contribution in [0, 0.1) is 0 Å². The van der Waals surface area contributed by atoms with Gasteiger partial charge in [0.15, 0.2) is 11.0 Å². The van der Waals surface area contributed by atoms with E-state index in [1.807, 2.05) is 23.7 Å². The van der Waals surface area contributed by atoms with Crippen LogP contribution in [0.5, 0.6) is 0 Å². The summed E-state index contributed by atoms with van der Waals surface area (Å²) in [5.74, 6) is 0.486. The molecule has 1 N–H and O–H groups in total. The van der Waals surface area contributed by atoms with Gasteiger partial charge in [0.05, 0.1) is 16.0 Å². The number of nitrogens with zero attached hydrogens (tertiary/aromatic N) is 3. The van der Waals surface area contributed by atoms with Crippen molar-refractivity contribution in [1.29, 1.82) is 0 Å². The van der Waals surface area contributed by atoms with E-state index in [0.717, 1.165) is 5.56 Å². The molecule has 2 aromatic carbocycles. The largest absolute Gasteiger partial charge is 0.324 e. The van der Waals surface area contributed by atoms with Crippen molar-refractivity contribution >= 4 is 58.2 Å². The van der Waals surface area contributed by atoms with Crippen LogP contribution >= 0.6 is 46.6 Å². The lowest BCUT2D eigenvalue weighted by molar-refractivity contribution is -0.115. The fraction of sp³-hybridized carbons (Fsp3) is 0.167. The van der Waals surface area contributed by atoms with E-state index in [4.69, 9.17) is 34.8 Å². The number of anilines is 1. The third kappa shape index (κ3) is 4.76. The van der Waals surface area contributed by atoms with Crippen molar-refractivity contribution in [2.45, 2.75) is 17.3 Å².